The summed E-state index contributed by atoms with van der Waals surface area (Å²) >= 11 is 0. The van der Waals surface area contributed by atoms with Crippen LogP contribution in [0.15, 0.2) is 24.3 Å². The lowest BCUT2D eigenvalue weighted by atomic mass is 9.94. The number of hydrogen-bond donors (Lipinski definition) is 1. The fourth-order valence-corrected chi connectivity index (χ4v) is 1.38. The average molecular weight is 243 g/mol. The van der Waals surface area contributed by atoms with Crippen molar-refractivity contribution in [2.24, 2.45) is 0 Å². The number of alkyl halides is 3. The van der Waals surface area contributed by atoms with Gasteiger partial charge < -0.3 is 5.11 Å². The van der Waals surface area contributed by atoms with E-state index in [9.17, 15) is 18.0 Å². The molecule has 3 nitrogen and oxygen atoms in total. The number of carbonyl (C=O) groups is 1. The van der Waals surface area contributed by atoms with Gasteiger partial charge in [-0.2, -0.15) is 5.26 Å². The van der Waals surface area contributed by atoms with E-state index in [0.29, 0.717) is 0 Å². The van der Waals surface area contributed by atoms with Crippen molar-refractivity contribution in [1.82, 2.24) is 0 Å². The Labute approximate surface area is 95.1 Å². The molecule has 6 heteroatoms. The zero-order valence-electron chi connectivity index (χ0n) is 8.48. The highest BCUT2D eigenvalue weighted by Crippen LogP contribution is 2.29. The number of benzene rings is 1. The quantitative estimate of drug-likeness (QED) is 0.882. The largest absolute Gasteiger partial charge is 0.479 e. The second-order valence-corrected chi connectivity index (χ2v) is 3.33. The number of nitrogens with zero attached hydrogens (tertiary/aromatic N) is 1. The first-order valence-electron chi connectivity index (χ1n) is 4.62. The highest BCUT2D eigenvalue weighted by Gasteiger charge is 2.36. The van der Waals surface area contributed by atoms with Gasteiger partial charge in [0, 0.05) is 0 Å². The Morgan fingerprint density at radius 3 is 2.12 bits per heavy atom. The molecule has 2 unspecified atom stereocenters. The predicted octanol–water partition coefficient (Wildman–Crippen LogP) is 2.33. The molecule has 0 fully saturated rings. The van der Waals surface area contributed by atoms with Crippen LogP contribution < -0.4 is 0 Å². The summed E-state index contributed by atoms with van der Waals surface area (Å²) in [4.78, 5) is 10.4. The van der Waals surface area contributed by atoms with Gasteiger partial charge in [-0.1, -0.05) is 12.1 Å². The van der Waals surface area contributed by atoms with E-state index in [0.717, 1.165) is 12.1 Å². The van der Waals surface area contributed by atoms with Gasteiger partial charge in [-0.3, -0.25) is 0 Å². The third-order valence-electron chi connectivity index (χ3n) is 2.25. The van der Waals surface area contributed by atoms with E-state index in [1.807, 2.05) is 0 Å². The van der Waals surface area contributed by atoms with E-state index in [-0.39, 0.29) is 11.1 Å². The monoisotopic (exact) mass is 243 g/mol. The van der Waals surface area contributed by atoms with Crippen molar-refractivity contribution in [2.45, 2.75) is 18.5 Å². The Balaban J connectivity index is 3.06. The molecule has 0 aliphatic rings. The van der Waals surface area contributed by atoms with Crippen LogP contribution in [0.4, 0.5) is 13.2 Å². The fraction of sp³-hybridized carbons (Fsp3) is 0.273. The Kier molecular flexibility index (Phi) is 4.10. The number of halogens is 3. The molecule has 0 amide bonds. The van der Waals surface area contributed by atoms with Gasteiger partial charge in [-0.25, -0.2) is 18.0 Å². The number of rotatable bonds is 4. The molecule has 1 rings (SSSR count). The van der Waals surface area contributed by atoms with Crippen LogP contribution >= 0.6 is 0 Å². The summed E-state index contributed by atoms with van der Waals surface area (Å²) in [6.45, 7) is 0. The zero-order valence-corrected chi connectivity index (χ0v) is 8.48. The Morgan fingerprint density at radius 2 is 1.76 bits per heavy atom. The summed E-state index contributed by atoms with van der Waals surface area (Å²) in [5.41, 5.74) is 0.0846. The van der Waals surface area contributed by atoms with Crippen LogP contribution in [0.3, 0.4) is 0 Å². The second kappa shape index (κ2) is 5.34. The van der Waals surface area contributed by atoms with Crippen LogP contribution in [-0.2, 0) is 4.79 Å². The number of aliphatic carboxylic acids is 1. The normalized spacial score (nSPS) is 14.1. The van der Waals surface area contributed by atoms with E-state index >= 15 is 0 Å². The maximum Gasteiger partial charge on any atom is 0.339 e. The number of nitriles is 1. The first-order valence-corrected chi connectivity index (χ1v) is 4.62. The zero-order chi connectivity index (χ0) is 13.0. The van der Waals surface area contributed by atoms with Gasteiger partial charge in [-0.15, -0.1) is 0 Å². The standard InChI is InChI=1S/C11H8F3NO2/c12-9(11(16)17)8(10(13)14)7-3-1-6(5-15)2-4-7/h1-4,8-10H,(H,16,17). The number of carboxylic acid groups (broad SMARTS) is 1. The third kappa shape index (κ3) is 2.97. The van der Waals surface area contributed by atoms with E-state index in [4.69, 9.17) is 10.4 Å². The van der Waals surface area contributed by atoms with Crippen LogP contribution in [0.5, 0.6) is 0 Å². The Hall–Kier alpha value is -2.03. The van der Waals surface area contributed by atoms with Gasteiger partial charge in [-0.05, 0) is 17.7 Å². The molecule has 1 aromatic carbocycles. The molecule has 0 aliphatic carbocycles. The summed E-state index contributed by atoms with van der Waals surface area (Å²) in [7, 11) is 0. The van der Waals surface area contributed by atoms with Crippen molar-refractivity contribution in [2.75, 3.05) is 0 Å². The molecule has 0 aromatic heterocycles. The van der Waals surface area contributed by atoms with Crippen LogP contribution in [0.2, 0.25) is 0 Å². The second-order valence-electron chi connectivity index (χ2n) is 3.33. The lowest BCUT2D eigenvalue weighted by Gasteiger charge is -2.17. The SMILES string of the molecule is N#Cc1ccc(C(C(F)F)C(F)C(=O)O)cc1. The summed E-state index contributed by atoms with van der Waals surface area (Å²) in [6.07, 6.45) is -5.81. The van der Waals surface area contributed by atoms with Gasteiger partial charge in [0.1, 0.15) is 0 Å². The molecule has 0 spiro atoms. The summed E-state index contributed by atoms with van der Waals surface area (Å²) in [5.74, 6) is -3.96. The summed E-state index contributed by atoms with van der Waals surface area (Å²) < 4.78 is 38.4. The maximum absolute atomic E-state index is 13.2. The van der Waals surface area contributed by atoms with Crippen LogP contribution in [-0.4, -0.2) is 23.7 Å². The maximum atomic E-state index is 13.2. The van der Waals surface area contributed by atoms with E-state index < -0.39 is 24.5 Å². The van der Waals surface area contributed by atoms with Crippen LogP contribution in [0.1, 0.15) is 17.0 Å². The molecule has 2 atom stereocenters. The van der Waals surface area contributed by atoms with Crippen molar-refractivity contribution < 1.29 is 23.1 Å². The van der Waals surface area contributed by atoms with Gasteiger partial charge in [0.2, 0.25) is 12.6 Å². The van der Waals surface area contributed by atoms with Gasteiger partial charge in [0.05, 0.1) is 17.6 Å². The first kappa shape index (κ1) is 13.0. The topological polar surface area (TPSA) is 61.1 Å². The smallest absolute Gasteiger partial charge is 0.339 e. The minimum Gasteiger partial charge on any atom is -0.479 e. The first-order chi connectivity index (χ1) is 7.97. The molecular formula is C11H8F3NO2. The molecule has 0 aliphatic heterocycles. The van der Waals surface area contributed by atoms with Gasteiger partial charge in [0.15, 0.2) is 0 Å². The van der Waals surface area contributed by atoms with Gasteiger partial charge >= 0.3 is 5.97 Å². The molecule has 1 N–H and O–H groups in total. The minimum absolute atomic E-state index is 0.145. The van der Waals surface area contributed by atoms with Crippen molar-refractivity contribution in [3.63, 3.8) is 0 Å². The highest BCUT2D eigenvalue weighted by molar-refractivity contribution is 5.73. The Morgan fingerprint density at radius 1 is 1.24 bits per heavy atom. The molecule has 1 aromatic rings. The molecule has 0 bridgehead atoms. The lowest BCUT2D eigenvalue weighted by molar-refractivity contribution is -0.145. The highest BCUT2D eigenvalue weighted by atomic mass is 19.3. The minimum atomic E-state index is -3.13. The van der Waals surface area contributed by atoms with Crippen LogP contribution in [0.25, 0.3) is 0 Å². The molecule has 0 radical (unpaired) electrons. The Bertz CT molecular complexity index is 439. The third-order valence-corrected chi connectivity index (χ3v) is 2.25. The summed E-state index contributed by atoms with van der Waals surface area (Å²) in [5, 5.41) is 16.9. The predicted molar refractivity (Wildman–Crippen MR) is 52.4 cm³/mol. The number of carboxylic acids is 1. The van der Waals surface area contributed by atoms with E-state index in [1.54, 1.807) is 6.07 Å². The molecule has 0 saturated carbocycles. The van der Waals surface area contributed by atoms with Gasteiger partial charge in [0.25, 0.3) is 0 Å². The molecule has 0 heterocycles. The lowest BCUT2D eigenvalue weighted by Crippen LogP contribution is -2.28. The summed E-state index contributed by atoms with van der Waals surface area (Å²) in [6, 6.07) is 6.51. The van der Waals surface area contributed by atoms with Crippen LogP contribution in [0, 0.1) is 11.3 Å². The van der Waals surface area contributed by atoms with E-state index in [2.05, 4.69) is 0 Å². The average Bonchev–Trinajstić information content (AvgIpc) is 2.29. The van der Waals surface area contributed by atoms with Crippen molar-refractivity contribution in [3.8, 4) is 6.07 Å². The van der Waals surface area contributed by atoms with Crippen molar-refractivity contribution in [1.29, 1.82) is 5.26 Å². The number of hydrogen-bond acceptors (Lipinski definition) is 2. The molecular weight excluding hydrogens is 235 g/mol. The van der Waals surface area contributed by atoms with Crippen molar-refractivity contribution >= 4 is 5.97 Å². The molecule has 90 valence electrons. The molecule has 17 heavy (non-hydrogen) atoms. The van der Waals surface area contributed by atoms with E-state index in [1.165, 1.54) is 12.1 Å². The molecule has 0 saturated heterocycles. The van der Waals surface area contributed by atoms with Crippen molar-refractivity contribution in [3.05, 3.63) is 35.4 Å². The fourth-order valence-electron chi connectivity index (χ4n) is 1.38.